The summed E-state index contributed by atoms with van der Waals surface area (Å²) in [6.45, 7) is 3.93. The number of carbonyl (C=O) groups is 1. The minimum atomic E-state index is -0.255. The highest BCUT2D eigenvalue weighted by Gasteiger charge is 2.53. The van der Waals surface area contributed by atoms with E-state index in [1.807, 2.05) is 30.0 Å². The number of aliphatic hydroxyl groups excluding tert-OH is 1. The van der Waals surface area contributed by atoms with Crippen LogP contribution in [0.4, 0.5) is 14.9 Å². The van der Waals surface area contributed by atoms with Gasteiger partial charge in [-0.2, -0.15) is 0 Å². The first-order valence-electron chi connectivity index (χ1n) is 9.89. The fourth-order valence-corrected chi connectivity index (χ4v) is 4.52. The quantitative estimate of drug-likeness (QED) is 0.834. The topological polar surface area (TPSA) is 55.8 Å². The van der Waals surface area contributed by atoms with E-state index in [-0.39, 0.29) is 36.5 Å². The van der Waals surface area contributed by atoms with Gasteiger partial charge >= 0.3 is 6.03 Å². The standard InChI is InChI=1S/C22H26FN3O2/c1-2-11-24-22(28)26-13-19-21(17-5-3-4-6-18(17)26)20(14-27)25(19)12-15-7-9-16(23)10-8-15/h3-10,19-21,27H,2,11-14H2,1H3,(H,24,28)/t19-,20+,21+/m0/s1. The number of nitrogens with zero attached hydrogens (tertiary/aromatic N) is 2. The second-order valence-corrected chi connectivity index (χ2v) is 7.54. The summed E-state index contributed by atoms with van der Waals surface area (Å²) in [5, 5.41) is 13.0. The lowest BCUT2D eigenvalue weighted by atomic mass is 9.72. The first-order chi connectivity index (χ1) is 13.6. The zero-order valence-corrected chi connectivity index (χ0v) is 16.0. The number of nitrogens with one attached hydrogen (secondary N) is 1. The fraction of sp³-hybridized carbons (Fsp3) is 0.409. The summed E-state index contributed by atoms with van der Waals surface area (Å²) in [5.74, 6) is -0.0637. The van der Waals surface area contributed by atoms with Crippen molar-refractivity contribution < 1.29 is 14.3 Å². The number of benzene rings is 2. The lowest BCUT2D eigenvalue weighted by molar-refractivity contribution is -0.0485. The van der Waals surface area contributed by atoms with E-state index in [4.69, 9.17) is 0 Å². The smallest absolute Gasteiger partial charge is 0.321 e. The molecule has 2 aliphatic heterocycles. The highest BCUT2D eigenvalue weighted by Crippen LogP contribution is 2.48. The third-order valence-electron chi connectivity index (χ3n) is 5.87. The largest absolute Gasteiger partial charge is 0.395 e. The Balaban J connectivity index is 1.61. The van der Waals surface area contributed by atoms with Crippen molar-refractivity contribution in [3.63, 3.8) is 0 Å². The van der Waals surface area contributed by atoms with Crippen LogP contribution in [-0.2, 0) is 6.54 Å². The van der Waals surface area contributed by atoms with Crippen molar-refractivity contribution in [2.75, 3.05) is 24.6 Å². The molecule has 0 saturated carbocycles. The summed E-state index contributed by atoms with van der Waals surface area (Å²) in [4.78, 5) is 16.8. The molecule has 3 atom stereocenters. The Labute approximate surface area is 164 Å². The van der Waals surface area contributed by atoms with Gasteiger partial charge in [-0.1, -0.05) is 37.3 Å². The van der Waals surface area contributed by atoms with Crippen LogP contribution in [0.15, 0.2) is 48.5 Å². The summed E-state index contributed by atoms with van der Waals surface area (Å²) in [6.07, 6.45) is 0.885. The maximum Gasteiger partial charge on any atom is 0.321 e. The average molecular weight is 383 g/mol. The number of likely N-dealkylation sites (tertiary alicyclic amines) is 1. The molecular formula is C22H26FN3O2. The molecule has 2 amide bonds. The van der Waals surface area contributed by atoms with E-state index < -0.39 is 0 Å². The molecule has 2 aromatic carbocycles. The third-order valence-corrected chi connectivity index (χ3v) is 5.87. The molecule has 5 nitrogen and oxygen atoms in total. The fourth-order valence-electron chi connectivity index (χ4n) is 4.52. The molecule has 0 spiro atoms. The molecule has 0 aromatic heterocycles. The molecule has 0 aliphatic carbocycles. The maximum atomic E-state index is 13.2. The van der Waals surface area contributed by atoms with Crippen molar-refractivity contribution in [2.24, 2.45) is 0 Å². The number of anilines is 1. The second kappa shape index (κ2) is 7.89. The lowest BCUT2D eigenvalue weighted by Gasteiger charge is -2.59. The normalized spacial score (nSPS) is 23.5. The molecule has 148 valence electrons. The van der Waals surface area contributed by atoms with E-state index in [1.54, 1.807) is 12.1 Å². The van der Waals surface area contributed by atoms with Crippen LogP contribution in [0.1, 0.15) is 30.4 Å². The van der Waals surface area contributed by atoms with Gasteiger partial charge in [-0.15, -0.1) is 0 Å². The van der Waals surface area contributed by atoms with Crippen LogP contribution in [0, 0.1) is 5.82 Å². The predicted octanol–water partition coefficient (Wildman–Crippen LogP) is 3.09. The SMILES string of the molecule is CCCNC(=O)N1C[C@H]2[C@@H](c3ccccc31)[C@@H](CO)N2Cc1ccc(F)cc1. The predicted molar refractivity (Wildman–Crippen MR) is 107 cm³/mol. The molecule has 2 heterocycles. The Bertz CT molecular complexity index is 842. The van der Waals surface area contributed by atoms with Gasteiger partial charge in [0.05, 0.1) is 6.61 Å². The van der Waals surface area contributed by atoms with Gasteiger partial charge in [0.15, 0.2) is 0 Å². The molecular weight excluding hydrogens is 357 g/mol. The van der Waals surface area contributed by atoms with Crippen molar-refractivity contribution in [3.05, 3.63) is 65.5 Å². The number of amides is 2. The summed E-state index contributed by atoms with van der Waals surface area (Å²) in [5.41, 5.74) is 3.04. The molecule has 2 aromatic rings. The Hall–Kier alpha value is -2.44. The molecule has 1 saturated heterocycles. The molecule has 6 heteroatoms. The van der Waals surface area contributed by atoms with E-state index in [2.05, 4.69) is 16.3 Å². The number of aliphatic hydroxyl groups is 1. The number of halogens is 1. The highest BCUT2D eigenvalue weighted by molar-refractivity contribution is 5.94. The van der Waals surface area contributed by atoms with Crippen LogP contribution in [-0.4, -0.2) is 47.8 Å². The van der Waals surface area contributed by atoms with Crippen molar-refractivity contribution in [1.82, 2.24) is 10.2 Å². The number of fused-ring (bicyclic) bond motifs is 3. The van der Waals surface area contributed by atoms with Crippen LogP contribution >= 0.6 is 0 Å². The van der Waals surface area contributed by atoms with Gasteiger partial charge in [0.2, 0.25) is 0 Å². The number of rotatable bonds is 5. The summed E-state index contributed by atoms with van der Waals surface area (Å²) in [7, 11) is 0. The maximum absolute atomic E-state index is 13.2. The van der Waals surface area contributed by atoms with Gasteiger partial charge in [-0.3, -0.25) is 9.80 Å². The number of hydrogen-bond acceptors (Lipinski definition) is 3. The first-order valence-corrected chi connectivity index (χ1v) is 9.89. The Kier molecular flexibility index (Phi) is 5.33. The van der Waals surface area contributed by atoms with E-state index in [0.717, 1.165) is 23.2 Å². The molecule has 1 fully saturated rings. The van der Waals surface area contributed by atoms with Crippen molar-refractivity contribution in [3.8, 4) is 0 Å². The number of para-hydroxylation sites is 1. The molecule has 2 N–H and O–H groups in total. The Morgan fingerprint density at radius 2 is 1.96 bits per heavy atom. The lowest BCUT2D eigenvalue weighted by Crippen LogP contribution is -2.69. The zero-order valence-electron chi connectivity index (χ0n) is 16.0. The van der Waals surface area contributed by atoms with Crippen LogP contribution in [0.2, 0.25) is 0 Å². The third kappa shape index (κ3) is 3.27. The molecule has 0 bridgehead atoms. The van der Waals surface area contributed by atoms with Crippen molar-refractivity contribution in [1.29, 1.82) is 0 Å². The number of urea groups is 1. The van der Waals surface area contributed by atoms with Crippen LogP contribution in [0.3, 0.4) is 0 Å². The molecule has 2 aliphatic rings. The van der Waals surface area contributed by atoms with Gasteiger partial charge < -0.3 is 10.4 Å². The Morgan fingerprint density at radius 1 is 1.21 bits per heavy atom. The molecule has 4 rings (SSSR count). The summed E-state index contributed by atoms with van der Waals surface area (Å²) < 4.78 is 13.2. The second-order valence-electron chi connectivity index (χ2n) is 7.54. The minimum Gasteiger partial charge on any atom is -0.395 e. The van der Waals surface area contributed by atoms with Gasteiger partial charge in [0, 0.05) is 43.3 Å². The van der Waals surface area contributed by atoms with Gasteiger partial charge in [0.1, 0.15) is 5.82 Å². The van der Waals surface area contributed by atoms with E-state index in [0.29, 0.717) is 19.6 Å². The van der Waals surface area contributed by atoms with Gasteiger partial charge in [-0.25, -0.2) is 9.18 Å². The average Bonchev–Trinajstić information content (AvgIpc) is 2.71. The van der Waals surface area contributed by atoms with Crippen LogP contribution in [0.5, 0.6) is 0 Å². The first kappa shape index (κ1) is 18.9. The van der Waals surface area contributed by atoms with E-state index in [1.165, 1.54) is 12.1 Å². The van der Waals surface area contributed by atoms with Gasteiger partial charge in [-0.05, 0) is 35.7 Å². The van der Waals surface area contributed by atoms with Crippen molar-refractivity contribution >= 4 is 11.7 Å². The molecule has 0 radical (unpaired) electrons. The minimum absolute atomic E-state index is 0.00273. The van der Waals surface area contributed by atoms with Gasteiger partial charge in [0.25, 0.3) is 0 Å². The molecule has 0 unspecified atom stereocenters. The Morgan fingerprint density at radius 3 is 2.68 bits per heavy atom. The summed E-state index contributed by atoms with van der Waals surface area (Å²) >= 11 is 0. The van der Waals surface area contributed by atoms with Crippen LogP contribution in [0.25, 0.3) is 0 Å². The zero-order chi connectivity index (χ0) is 19.7. The van der Waals surface area contributed by atoms with E-state index in [9.17, 15) is 14.3 Å². The monoisotopic (exact) mass is 383 g/mol. The number of hydrogen-bond donors (Lipinski definition) is 2. The summed E-state index contributed by atoms with van der Waals surface area (Å²) in [6, 6.07) is 14.5. The highest BCUT2D eigenvalue weighted by atomic mass is 19.1. The van der Waals surface area contributed by atoms with Crippen molar-refractivity contribution in [2.45, 2.75) is 37.9 Å². The van der Waals surface area contributed by atoms with Crippen LogP contribution < -0.4 is 10.2 Å². The molecule has 28 heavy (non-hydrogen) atoms. The number of carbonyl (C=O) groups excluding carboxylic acids is 1. The van der Waals surface area contributed by atoms with E-state index >= 15 is 0 Å².